The first-order valence-corrected chi connectivity index (χ1v) is 4.14. The van der Waals surface area contributed by atoms with E-state index in [1.807, 2.05) is 6.92 Å². The summed E-state index contributed by atoms with van der Waals surface area (Å²) < 4.78 is 23.0. The molecule has 0 aromatic carbocycles. The van der Waals surface area contributed by atoms with Crippen LogP contribution in [0.5, 0.6) is 0 Å². The molecule has 0 fully saturated rings. The van der Waals surface area contributed by atoms with E-state index >= 15 is 0 Å². The second kappa shape index (κ2) is 7.05. The van der Waals surface area contributed by atoms with Crippen LogP contribution >= 0.6 is 0 Å². The fourth-order valence-electron chi connectivity index (χ4n) is 0.819. The van der Waals surface area contributed by atoms with Gasteiger partial charge in [-0.2, -0.15) is 8.78 Å². The molecular formula is C9H14F2O. The normalized spacial score (nSPS) is 12.4. The topological polar surface area (TPSA) is 20.2 Å². The number of halogens is 2. The van der Waals surface area contributed by atoms with Crippen LogP contribution in [-0.4, -0.2) is 17.6 Å². The Morgan fingerprint density at radius 3 is 2.42 bits per heavy atom. The number of alkyl halides is 2. The molecule has 70 valence electrons. The number of rotatable bonds is 4. The fourth-order valence-corrected chi connectivity index (χ4v) is 0.819. The molecule has 0 aliphatic heterocycles. The minimum Gasteiger partial charge on any atom is -0.380 e. The van der Waals surface area contributed by atoms with Gasteiger partial charge in [0.2, 0.25) is 0 Å². The molecule has 0 aliphatic rings. The van der Waals surface area contributed by atoms with Gasteiger partial charge in [-0.15, -0.1) is 0 Å². The van der Waals surface area contributed by atoms with Crippen molar-refractivity contribution in [3.05, 3.63) is 0 Å². The largest absolute Gasteiger partial charge is 0.380 e. The maximum Gasteiger partial charge on any atom is 0.298 e. The zero-order valence-electron chi connectivity index (χ0n) is 7.19. The first-order valence-electron chi connectivity index (χ1n) is 4.14. The average molecular weight is 176 g/mol. The predicted molar refractivity (Wildman–Crippen MR) is 43.9 cm³/mol. The molecule has 0 aromatic rings. The van der Waals surface area contributed by atoms with Crippen LogP contribution in [0.4, 0.5) is 8.78 Å². The van der Waals surface area contributed by atoms with E-state index in [9.17, 15) is 8.78 Å². The van der Waals surface area contributed by atoms with Crippen molar-refractivity contribution in [2.45, 2.75) is 45.1 Å². The molecule has 1 atom stereocenters. The Morgan fingerprint density at radius 2 is 1.92 bits per heavy atom. The maximum absolute atomic E-state index is 11.5. The van der Waals surface area contributed by atoms with Crippen molar-refractivity contribution < 1.29 is 13.9 Å². The molecule has 1 nitrogen and oxygen atoms in total. The molecule has 12 heavy (non-hydrogen) atoms. The summed E-state index contributed by atoms with van der Waals surface area (Å²) in [5, 5.41) is 9.02. The molecule has 0 unspecified atom stereocenters. The summed E-state index contributed by atoms with van der Waals surface area (Å²) in [7, 11) is 0. The SMILES string of the molecule is CCCCC[C@@H](O)C#CC(F)F. The second-order valence-electron chi connectivity index (χ2n) is 2.60. The van der Waals surface area contributed by atoms with Crippen molar-refractivity contribution in [3.8, 4) is 11.8 Å². The van der Waals surface area contributed by atoms with Crippen molar-refractivity contribution in [2.24, 2.45) is 0 Å². The molecule has 0 bridgehead atoms. The Morgan fingerprint density at radius 1 is 1.25 bits per heavy atom. The smallest absolute Gasteiger partial charge is 0.298 e. The van der Waals surface area contributed by atoms with Gasteiger partial charge in [-0.1, -0.05) is 25.7 Å². The molecule has 0 spiro atoms. The number of aliphatic hydroxyl groups is 1. The summed E-state index contributed by atoms with van der Waals surface area (Å²) >= 11 is 0. The van der Waals surface area contributed by atoms with Gasteiger partial charge in [0.05, 0.1) is 0 Å². The van der Waals surface area contributed by atoms with E-state index < -0.39 is 12.5 Å². The minimum absolute atomic E-state index is 0.494. The van der Waals surface area contributed by atoms with Crippen LogP contribution in [0.2, 0.25) is 0 Å². The van der Waals surface area contributed by atoms with E-state index in [1.54, 1.807) is 5.92 Å². The summed E-state index contributed by atoms with van der Waals surface area (Å²) in [6.45, 7) is 2.04. The monoisotopic (exact) mass is 176 g/mol. The van der Waals surface area contributed by atoms with Crippen molar-refractivity contribution in [1.29, 1.82) is 0 Å². The van der Waals surface area contributed by atoms with Crippen LogP contribution in [0.1, 0.15) is 32.6 Å². The summed E-state index contributed by atoms with van der Waals surface area (Å²) in [4.78, 5) is 0. The summed E-state index contributed by atoms with van der Waals surface area (Å²) in [6.07, 6.45) is -0.123. The molecule has 0 aliphatic carbocycles. The van der Waals surface area contributed by atoms with Gasteiger partial charge in [0, 0.05) is 0 Å². The van der Waals surface area contributed by atoms with E-state index in [0.29, 0.717) is 6.42 Å². The van der Waals surface area contributed by atoms with Gasteiger partial charge >= 0.3 is 0 Å². The van der Waals surface area contributed by atoms with Crippen molar-refractivity contribution in [2.75, 3.05) is 0 Å². The first-order chi connectivity index (χ1) is 5.66. The van der Waals surface area contributed by atoms with E-state index in [-0.39, 0.29) is 0 Å². The van der Waals surface area contributed by atoms with Gasteiger partial charge < -0.3 is 5.11 Å². The molecule has 0 radical (unpaired) electrons. The molecule has 0 rings (SSSR count). The number of unbranched alkanes of at least 4 members (excludes halogenated alkanes) is 2. The van der Waals surface area contributed by atoms with Gasteiger partial charge in [0.15, 0.2) is 0 Å². The standard InChI is InChI=1S/C9H14F2O/c1-2-3-4-5-8(12)6-7-9(10)11/h8-9,12H,2-5H2,1H3/t8-/m1/s1. The highest BCUT2D eigenvalue weighted by atomic mass is 19.3. The van der Waals surface area contributed by atoms with E-state index in [2.05, 4.69) is 5.92 Å². The highest BCUT2D eigenvalue weighted by molar-refractivity contribution is 5.06. The third kappa shape index (κ3) is 7.49. The second-order valence-corrected chi connectivity index (χ2v) is 2.60. The van der Waals surface area contributed by atoms with Gasteiger partial charge in [0.1, 0.15) is 6.10 Å². The van der Waals surface area contributed by atoms with Crippen molar-refractivity contribution in [3.63, 3.8) is 0 Å². The van der Waals surface area contributed by atoms with Gasteiger partial charge in [-0.05, 0) is 18.8 Å². The third-order valence-electron chi connectivity index (χ3n) is 1.44. The Balaban J connectivity index is 3.47. The summed E-state index contributed by atoms with van der Waals surface area (Å²) in [5.74, 6) is 3.74. The molecule has 3 heteroatoms. The van der Waals surface area contributed by atoms with Crippen LogP contribution in [0, 0.1) is 11.8 Å². The lowest BCUT2D eigenvalue weighted by atomic mass is 10.1. The highest BCUT2D eigenvalue weighted by Crippen LogP contribution is 2.02. The van der Waals surface area contributed by atoms with E-state index in [1.165, 1.54) is 0 Å². The van der Waals surface area contributed by atoms with Gasteiger partial charge in [-0.25, -0.2) is 0 Å². The third-order valence-corrected chi connectivity index (χ3v) is 1.44. The van der Waals surface area contributed by atoms with E-state index in [0.717, 1.165) is 19.3 Å². The molecule has 0 saturated carbocycles. The highest BCUT2D eigenvalue weighted by Gasteiger charge is 1.99. The van der Waals surface area contributed by atoms with Crippen molar-refractivity contribution in [1.82, 2.24) is 0 Å². The average Bonchev–Trinajstić information content (AvgIpc) is 2.01. The maximum atomic E-state index is 11.5. The van der Waals surface area contributed by atoms with Gasteiger partial charge in [0.25, 0.3) is 6.43 Å². The van der Waals surface area contributed by atoms with Crippen LogP contribution in [0.15, 0.2) is 0 Å². The first kappa shape index (κ1) is 11.4. The quantitative estimate of drug-likeness (QED) is 0.514. The molecule has 1 N–H and O–H groups in total. The molecular weight excluding hydrogens is 162 g/mol. The lowest BCUT2D eigenvalue weighted by Crippen LogP contribution is -2.02. The minimum atomic E-state index is -2.63. The fraction of sp³-hybridized carbons (Fsp3) is 0.778. The Hall–Kier alpha value is -0.620. The van der Waals surface area contributed by atoms with Crippen LogP contribution in [0.3, 0.4) is 0 Å². The Kier molecular flexibility index (Phi) is 6.69. The van der Waals surface area contributed by atoms with Crippen LogP contribution < -0.4 is 0 Å². The summed E-state index contributed by atoms with van der Waals surface area (Å²) in [6, 6.07) is 0. The molecule has 0 heterocycles. The van der Waals surface area contributed by atoms with Crippen LogP contribution in [0.25, 0.3) is 0 Å². The Labute approximate surface area is 71.8 Å². The lowest BCUT2D eigenvalue weighted by Gasteiger charge is -2.00. The molecule has 0 saturated heterocycles. The molecule has 0 aromatic heterocycles. The zero-order valence-corrected chi connectivity index (χ0v) is 7.19. The van der Waals surface area contributed by atoms with E-state index in [4.69, 9.17) is 5.11 Å². The van der Waals surface area contributed by atoms with Crippen LogP contribution in [-0.2, 0) is 0 Å². The lowest BCUT2D eigenvalue weighted by molar-refractivity contribution is 0.205. The van der Waals surface area contributed by atoms with Gasteiger partial charge in [-0.3, -0.25) is 0 Å². The zero-order chi connectivity index (χ0) is 9.40. The summed E-state index contributed by atoms with van der Waals surface area (Å²) in [5.41, 5.74) is 0. The number of aliphatic hydroxyl groups excluding tert-OH is 1. The number of hydrogen-bond acceptors (Lipinski definition) is 1. The number of hydrogen-bond donors (Lipinski definition) is 1. The Bertz CT molecular complexity index is 158. The predicted octanol–water partition coefficient (Wildman–Crippen LogP) is 2.20. The van der Waals surface area contributed by atoms with Crippen molar-refractivity contribution >= 4 is 0 Å². The molecule has 0 amide bonds.